The summed E-state index contributed by atoms with van der Waals surface area (Å²) in [6, 6.07) is 3.10. The van der Waals surface area contributed by atoms with E-state index in [1.54, 1.807) is 0 Å². The van der Waals surface area contributed by atoms with E-state index < -0.39 is 22.5 Å². The van der Waals surface area contributed by atoms with Gasteiger partial charge in [-0.3, -0.25) is 14.9 Å². The first-order chi connectivity index (χ1) is 8.40. The number of nitrogens with zero attached hydrogens (tertiary/aromatic N) is 1. The number of amides is 1. The third-order valence-corrected chi connectivity index (χ3v) is 1.83. The number of aromatic hydroxyl groups is 1. The molecule has 8 heteroatoms. The van der Waals surface area contributed by atoms with Crippen LogP contribution >= 0.6 is 0 Å². The zero-order chi connectivity index (χ0) is 13.7. The van der Waals surface area contributed by atoms with E-state index in [-0.39, 0.29) is 11.4 Å². The Balaban J connectivity index is 2.83. The van der Waals surface area contributed by atoms with Crippen LogP contribution in [0.2, 0.25) is 0 Å². The largest absolute Gasteiger partial charge is 0.506 e. The normalized spacial score (nSPS) is 10.2. The number of nitrogens with one attached hydrogen (secondary N) is 1. The van der Waals surface area contributed by atoms with Crippen molar-refractivity contribution in [3.8, 4) is 5.75 Å². The van der Waals surface area contributed by atoms with Gasteiger partial charge in [0, 0.05) is 18.2 Å². The van der Waals surface area contributed by atoms with Crippen molar-refractivity contribution in [1.29, 1.82) is 0 Å². The van der Waals surface area contributed by atoms with Gasteiger partial charge in [0.05, 0.1) is 16.7 Å². The highest BCUT2D eigenvalue weighted by Gasteiger charge is 2.11. The fourth-order valence-electron chi connectivity index (χ4n) is 1.06. The average Bonchev–Trinajstić information content (AvgIpc) is 2.29. The molecule has 1 amide bonds. The van der Waals surface area contributed by atoms with E-state index in [0.717, 1.165) is 24.3 Å². The zero-order valence-corrected chi connectivity index (χ0v) is 8.86. The lowest BCUT2D eigenvalue weighted by atomic mass is 10.2. The molecule has 0 aromatic heterocycles. The summed E-state index contributed by atoms with van der Waals surface area (Å²) in [4.78, 5) is 31.0. The van der Waals surface area contributed by atoms with Gasteiger partial charge in [0.2, 0.25) is 5.91 Å². The summed E-state index contributed by atoms with van der Waals surface area (Å²) in [5.74, 6) is -2.55. The van der Waals surface area contributed by atoms with Crippen LogP contribution in [0.5, 0.6) is 5.75 Å². The van der Waals surface area contributed by atoms with Gasteiger partial charge in [-0.15, -0.1) is 0 Å². The molecule has 0 saturated carbocycles. The number of aliphatic carboxylic acids is 1. The molecule has 18 heavy (non-hydrogen) atoms. The van der Waals surface area contributed by atoms with Crippen molar-refractivity contribution in [2.24, 2.45) is 0 Å². The number of nitro groups is 1. The molecule has 0 heterocycles. The predicted molar refractivity (Wildman–Crippen MR) is 60.2 cm³/mol. The maximum absolute atomic E-state index is 11.2. The van der Waals surface area contributed by atoms with Crippen LogP contribution in [0.1, 0.15) is 0 Å². The third-order valence-electron chi connectivity index (χ3n) is 1.83. The number of carbonyl (C=O) groups excluding carboxylic acids is 1. The first-order valence-electron chi connectivity index (χ1n) is 4.59. The summed E-state index contributed by atoms with van der Waals surface area (Å²) in [5.41, 5.74) is -0.382. The van der Waals surface area contributed by atoms with Crippen LogP contribution in [0.3, 0.4) is 0 Å². The molecule has 3 N–H and O–H groups in total. The minimum Gasteiger partial charge on any atom is -0.506 e. The lowest BCUT2D eigenvalue weighted by Gasteiger charge is -2.04. The maximum atomic E-state index is 11.2. The minimum absolute atomic E-state index is 0.0550. The summed E-state index contributed by atoms with van der Waals surface area (Å²) in [6.45, 7) is 0. The Bertz CT molecular complexity index is 537. The molecule has 0 atom stereocenters. The average molecular weight is 252 g/mol. The predicted octanol–water partition coefficient (Wildman–Crippen LogP) is 0.880. The molecule has 0 bridgehead atoms. The van der Waals surface area contributed by atoms with Crippen molar-refractivity contribution in [3.05, 3.63) is 40.5 Å². The molecule has 0 fully saturated rings. The molecular weight excluding hydrogens is 244 g/mol. The lowest BCUT2D eigenvalue weighted by molar-refractivity contribution is -0.384. The number of nitro benzene ring substituents is 1. The van der Waals surface area contributed by atoms with Crippen LogP contribution in [-0.2, 0) is 9.59 Å². The summed E-state index contributed by atoms with van der Waals surface area (Å²) in [5, 5.41) is 30.3. The molecule has 0 saturated heterocycles. The number of rotatable bonds is 4. The molecule has 0 radical (unpaired) electrons. The van der Waals surface area contributed by atoms with Gasteiger partial charge < -0.3 is 15.5 Å². The van der Waals surface area contributed by atoms with Gasteiger partial charge in [-0.1, -0.05) is 0 Å². The van der Waals surface area contributed by atoms with Gasteiger partial charge in [0.1, 0.15) is 5.75 Å². The monoisotopic (exact) mass is 252 g/mol. The zero-order valence-electron chi connectivity index (χ0n) is 8.86. The quantitative estimate of drug-likeness (QED) is 0.315. The fourth-order valence-corrected chi connectivity index (χ4v) is 1.06. The number of carboxylic acid groups (broad SMARTS) is 1. The highest BCUT2D eigenvalue weighted by molar-refractivity contribution is 6.03. The fraction of sp³-hybridized carbons (Fsp3) is 0. The summed E-state index contributed by atoms with van der Waals surface area (Å²) < 4.78 is 0. The summed E-state index contributed by atoms with van der Waals surface area (Å²) in [7, 11) is 0. The van der Waals surface area contributed by atoms with Crippen molar-refractivity contribution in [1.82, 2.24) is 0 Å². The second-order valence-electron chi connectivity index (χ2n) is 3.12. The molecule has 0 spiro atoms. The van der Waals surface area contributed by atoms with E-state index in [0.29, 0.717) is 6.08 Å². The third kappa shape index (κ3) is 3.59. The maximum Gasteiger partial charge on any atom is 0.328 e. The SMILES string of the molecule is O=C(O)/C=C/C(=O)Nc1ccc([N+](=O)[O-])cc1O. The molecule has 0 aliphatic rings. The molecule has 94 valence electrons. The number of hydrogen-bond donors (Lipinski definition) is 3. The van der Waals surface area contributed by atoms with E-state index in [1.165, 1.54) is 0 Å². The van der Waals surface area contributed by atoms with Gasteiger partial charge in [-0.25, -0.2) is 4.79 Å². The van der Waals surface area contributed by atoms with Crippen LogP contribution in [0, 0.1) is 10.1 Å². The van der Waals surface area contributed by atoms with Crippen LogP contribution in [-0.4, -0.2) is 27.0 Å². The van der Waals surface area contributed by atoms with Crippen LogP contribution in [0.15, 0.2) is 30.4 Å². The van der Waals surface area contributed by atoms with Crippen LogP contribution in [0.4, 0.5) is 11.4 Å². The van der Waals surface area contributed by atoms with Crippen LogP contribution < -0.4 is 5.32 Å². The topological polar surface area (TPSA) is 130 Å². The first-order valence-corrected chi connectivity index (χ1v) is 4.59. The van der Waals surface area contributed by atoms with E-state index in [1.807, 2.05) is 0 Å². The number of phenols is 1. The molecule has 1 aromatic carbocycles. The number of non-ortho nitro benzene ring substituents is 1. The molecule has 1 rings (SSSR count). The van der Waals surface area contributed by atoms with Crippen molar-refractivity contribution in [2.75, 3.05) is 5.32 Å². The van der Waals surface area contributed by atoms with Gasteiger partial charge >= 0.3 is 5.97 Å². The number of benzene rings is 1. The summed E-state index contributed by atoms with van der Waals surface area (Å²) >= 11 is 0. The molecule has 0 unspecified atom stereocenters. The number of carbonyl (C=O) groups is 2. The molecular formula is C10H8N2O6. The lowest BCUT2D eigenvalue weighted by Crippen LogP contribution is -2.08. The highest BCUT2D eigenvalue weighted by Crippen LogP contribution is 2.27. The summed E-state index contributed by atoms with van der Waals surface area (Å²) in [6.07, 6.45) is 1.38. The van der Waals surface area contributed by atoms with Gasteiger partial charge in [0.25, 0.3) is 5.69 Å². The molecule has 0 aliphatic heterocycles. The van der Waals surface area contributed by atoms with Crippen molar-refractivity contribution in [3.63, 3.8) is 0 Å². The van der Waals surface area contributed by atoms with Gasteiger partial charge in [-0.2, -0.15) is 0 Å². The number of anilines is 1. The Morgan fingerprint density at radius 1 is 1.33 bits per heavy atom. The smallest absolute Gasteiger partial charge is 0.328 e. The highest BCUT2D eigenvalue weighted by atomic mass is 16.6. The molecule has 0 aliphatic carbocycles. The van der Waals surface area contributed by atoms with Crippen molar-refractivity contribution < 1.29 is 24.7 Å². The van der Waals surface area contributed by atoms with Gasteiger partial charge in [0.15, 0.2) is 0 Å². The number of phenolic OH excluding ortho intramolecular Hbond substituents is 1. The molecule has 8 nitrogen and oxygen atoms in total. The second kappa shape index (κ2) is 5.43. The van der Waals surface area contributed by atoms with Gasteiger partial charge in [-0.05, 0) is 6.07 Å². The standard InChI is InChI=1S/C10H8N2O6/c13-8-5-6(12(17)18)1-2-7(8)11-9(14)3-4-10(15)16/h1-5,13H,(H,11,14)(H,15,16)/b4-3+. The van der Waals surface area contributed by atoms with Crippen molar-refractivity contribution >= 4 is 23.3 Å². The Hall–Kier alpha value is -2.90. The second-order valence-corrected chi connectivity index (χ2v) is 3.12. The Morgan fingerprint density at radius 2 is 2.00 bits per heavy atom. The van der Waals surface area contributed by atoms with E-state index in [9.17, 15) is 24.8 Å². The van der Waals surface area contributed by atoms with E-state index in [4.69, 9.17) is 5.11 Å². The number of carboxylic acids is 1. The first kappa shape index (κ1) is 13.2. The Labute approximate surface area is 100 Å². The Kier molecular flexibility index (Phi) is 3.98. The van der Waals surface area contributed by atoms with Crippen molar-refractivity contribution in [2.45, 2.75) is 0 Å². The molecule has 1 aromatic rings. The van der Waals surface area contributed by atoms with Crippen LogP contribution in [0.25, 0.3) is 0 Å². The van der Waals surface area contributed by atoms with E-state index >= 15 is 0 Å². The van der Waals surface area contributed by atoms with E-state index in [2.05, 4.69) is 5.32 Å². The Morgan fingerprint density at radius 3 is 2.50 bits per heavy atom. The minimum atomic E-state index is -1.29. The number of hydrogen-bond acceptors (Lipinski definition) is 5.